The van der Waals surface area contributed by atoms with Crippen LogP contribution in [-0.2, 0) is 11.2 Å². The van der Waals surface area contributed by atoms with Crippen LogP contribution < -0.4 is 15.4 Å². The third-order valence-electron chi connectivity index (χ3n) is 4.06. The maximum Gasteiger partial charge on any atom is 0.226 e. The second kappa shape index (κ2) is 5.83. The molecule has 4 nitrogen and oxygen atoms in total. The van der Waals surface area contributed by atoms with E-state index >= 15 is 0 Å². The van der Waals surface area contributed by atoms with Crippen molar-refractivity contribution in [2.45, 2.75) is 32.7 Å². The first-order valence-corrected chi connectivity index (χ1v) is 7.10. The van der Waals surface area contributed by atoms with Gasteiger partial charge in [0.2, 0.25) is 5.91 Å². The summed E-state index contributed by atoms with van der Waals surface area (Å²) in [5, 5.41) is 6.25. The Balaban J connectivity index is 2.05. The summed E-state index contributed by atoms with van der Waals surface area (Å²) >= 11 is 0. The lowest BCUT2D eigenvalue weighted by Crippen LogP contribution is -2.42. The molecule has 0 heterocycles. The normalized spacial score (nSPS) is 17.7. The Bertz CT molecular complexity index is 497. The first-order valence-electron chi connectivity index (χ1n) is 7.10. The van der Waals surface area contributed by atoms with Gasteiger partial charge >= 0.3 is 0 Å². The molecule has 4 heteroatoms. The Morgan fingerprint density at radius 3 is 2.85 bits per heavy atom. The Morgan fingerprint density at radius 1 is 1.45 bits per heavy atom. The number of rotatable bonds is 5. The first kappa shape index (κ1) is 14.9. The number of hydrogen-bond donors (Lipinski definition) is 2. The number of aryl methyl sites for hydroxylation is 1. The number of benzene rings is 1. The lowest BCUT2D eigenvalue weighted by molar-refractivity contribution is -0.128. The lowest BCUT2D eigenvalue weighted by atomic mass is 9.91. The molecule has 20 heavy (non-hydrogen) atoms. The molecule has 0 bridgehead atoms. The Labute approximate surface area is 120 Å². The van der Waals surface area contributed by atoms with Crippen molar-refractivity contribution in [2.75, 3.05) is 20.7 Å². The third kappa shape index (κ3) is 2.96. The standard InChI is InChI=1S/C16H24N2O2/c1-16(2,15(19)17-3)10-18-14-8-6-11-5-7-12(20-4)9-13(11)14/h5,7,9,14,18H,6,8,10H2,1-4H3,(H,17,19). The van der Waals surface area contributed by atoms with Crippen LogP contribution in [0.25, 0.3) is 0 Å². The predicted molar refractivity (Wildman–Crippen MR) is 79.9 cm³/mol. The number of methoxy groups -OCH3 is 1. The fourth-order valence-electron chi connectivity index (χ4n) is 2.72. The quantitative estimate of drug-likeness (QED) is 0.865. The average Bonchev–Trinajstić information content (AvgIpc) is 2.86. The largest absolute Gasteiger partial charge is 0.497 e. The van der Waals surface area contributed by atoms with Gasteiger partial charge in [0.05, 0.1) is 12.5 Å². The SMILES string of the molecule is CNC(=O)C(C)(C)CNC1CCc2ccc(OC)cc21. The molecule has 1 amide bonds. The highest BCUT2D eigenvalue weighted by Crippen LogP contribution is 2.34. The number of nitrogens with one attached hydrogen (secondary N) is 2. The van der Waals surface area contributed by atoms with Gasteiger partial charge < -0.3 is 15.4 Å². The van der Waals surface area contributed by atoms with E-state index in [4.69, 9.17) is 4.74 Å². The van der Waals surface area contributed by atoms with E-state index in [-0.39, 0.29) is 5.91 Å². The van der Waals surface area contributed by atoms with Gasteiger partial charge in [0.15, 0.2) is 0 Å². The molecule has 0 spiro atoms. The van der Waals surface area contributed by atoms with Crippen molar-refractivity contribution in [1.82, 2.24) is 10.6 Å². The molecule has 0 aromatic heterocycles. The Hall–Kier alpha value is -1.55. The van der Waals surface area contributed by atoms with Crippen molar-refractivity contribution in [3.05, 3.63) is 29.3 Å². The zero-order valence-corrected chi connectivity index (χ0v) is 12.7. The van der Waals surface area contributed by atoms with Gasteiger partial charge in [0.1, 0.15) is 5.75 Å². The van der Waals surface area contributed by atoms with Gasteiger partial charge in [-0.05, 0) is 49.9 Å². The van der Waals surface area contributed by atoms with Gasteiger partial charge in [-0.3, -0.25) is 4.79 Å². The summed E-state index contributed by atoms with van der Waals surface area (Å²) in [6.45, 7) is 4.58. The molecule has 1 aliphatic rings. The minimum atomic E-state index is -0.406. The van der Waals surface area contributed by atoms with Gasteiger partial charge in [-0.25, -0.2) is 0 Å². The fraction of sp³-hybridized carbons (Fsp3) is 0.562. The average molecular weight is 276 g/mol. The first-order chi connectivity index (χ1) is 9.47. The summed E-state index contributed by atoms with van der Waals surface area (Å²) in [6.07, 6.45) is 2.16. The highest BCUT2D eigenvalue weighted by atomic mass is 16.5. The van der Waals surface area contributed by atoms with E-state index in [1.54, 1.807) is 14.2 Å². The van der Waals surface area contributed by atoms with Gasteiger partial charge in [0.25, 0.3) is 0 Å². The number of amides is 1. The van der Waals surface area contributed by atoms with E-state index in [0.717, 1.165) is 18.6 Å². The number of carbonyl (C=O) groups excluding carboxylic acids is 1. The molecule has 0 fully saturated rings. The van der Waals surface area contributed by atoms with Crippen LogP contribution in [0.1, 0.15) is 37.4 Å². The molecule has 1 atom stereocenters. The Morgan fingerprint density at radius 2 is 2.20 bits per heavy atom. The minimum Gasteiger partial charge on any atom is -0.497 e. The summed E-state index contributed by atoms with van der Waals surface area (Å²) < 4.78 is 5.30. The molecule has 110 valence electrons. The van der Waals surface area contributed by atoms with E-state index in [1.807, 2.05) is 19.9 Å². The van der Waals surface area contributed by atoms with Crippen molar-refractivity contribution in [2.24, 2.45) is 5.41 Å². The zero-order chi connectivity index (χ0) is 14.8. The molecule has 0 radical (unpaired) electrons. The van der Waals surface area contributed by atoms with Crippen molar-refractivity contribution in [3.63, 3.8) is 0 Å². The Kier molecular flexibility index (Phi) is 4.33. The van der Waals surface area contributed by atoms with Crippen molar-refractivity contribution in [1.29, 1.82) is 0 Å². The molecule has 0 saturated heterocycles. The van der Waals surface area contributed by atoms with Crippen LogP contribution in [0.4, 0.5) is 0 Å². The monoisotopic (exact) mass is 276 g/mol. The van der Waals surface area contributed by atoms with Crippen LogP contribution in [0.15, 0.2) is 18.2 Å². The van der Waals surface area contributed by atoms with Crippen LogP contribution in [0.3, 0.4) is 0 Å². The molecule has 1 aromatic rings. The van der Waals surface area contributed by atoms with Gasteiger partial charge in [-0.15, -0.1) is 0 Å². The predicted octanol–water partition coefficient (Wildman–Crippen LogP) is 2.04. The third-order valence-corrected chi connectivity index (χ3v) is 4.06. The number of carbonyl (C=O) groups is 1. The molecule has 2 N–H and O–H groups in total. The smallest absolute Gasteiger partial charge is 0.226 e. The molecule has 2 rings (SSSR count). The molecule has 1 aromatic carbocycles. The van der Waals surface area contributed by atoms with Crippen molar-refractivity contribution in [3.8, 4) is 5.75 Å². The van der Waals surface area contributed by atoms with Crippen LogP contribution in [0.2, 0.25) is 0 Å². The van der Waals surface area contributed by atoms with Crippen LogP contribution >= 0.6 is 0 Å². The molecule has 1 aliphatic carbocycles. The highest BCUT2D eigenvalue weighted by molar-refractivity contribution is 5.81. The lowest BCUT2D eigenvalue weighted by Gasteiger charge is -2.25. The van der Waals surface area contributed by atoms with Crippen molar-refractivity contribution < 1.29 is 9.53 Å². The second-order valence-electron chi connectivity index (χ2n) is 6.00. The van der Waals surface area contributed by atoms with Gasteiger partial charge in [0, 0.05) is 19.6 Å². The van der Waals surface area contributed by atoms with Crippen LogP contribution in [0, 0.1) is 5.41 Å². The van der Waals surface area contributed by atoms with E-state index in [9.17, 15) is 4.79 Å². The summed E-state index contributed by atoms with van der Waals surface area (Å²) in [5.41, 5.74) is 2.27. The molecular formula is C16H24N2O2. The minimum absolute atomic E-state index is 0.0638. The maximum absolute atomic E-state index is 11.8. The van der Waals surface area contributed by atoms with Gasteiger partial charge in [-0.2, -0.15) is 0 Å². The summed E-state index contributed by atoms with van der Waals surface area (Å²) in [6, 6.07) is 6.56. The van der Waals surface area contributed by atoms with Crippen LogP contribution in [0.5, 0.6) is 5.75 Å². The number of hydrogen-bond acceptors (Lipinski definition) is 3. The maximum atomic E-state index is 11.8. The summed E-state index contributed by atoms with van der Waals surface area (Å²) in [4.78, 5) is 11.8. The molecule has 1 unspecified atom stereocenters. The fourth-order valence-corrected chi connectivity index (χ4v) is 2.72. The zero-order valence-electron chi connectivity index (χ0n) is 12.7. The summed E-state index contributed by atoms with van der Waals surface area (Å²) in [5.74, 6) is 0.955. The number of ether oxygens (including phenoxy) is 1. The topological polar surface area (TPSA) is 50.4 Å². The van der Waals surface area contributed by atoms with E-state index in [2.05, 4.69) is 22.8 Å². The van der Waals surface area contributed by atoms with Crippen molar-refractivity contribution >= 4 is 5.91 Å². The van der Waals surface area contributed by atoms with E-state index in [1.165, 1.54) is 11.1 Å². The number of fused-ring (bicyclic) bond motifs is 1. The van der Waals surface area contributed by atoms with Gasteiger partial charge in [-0.1, -0.05) is 6.07 Å². The molecule has 0 aliphatic heterocycles. The van der Waals surface area contributed by atoms with E-state index in [0.29, 0.717) is 12.6 Å². The molecular weight excluding hydrogens is 252 g/mol. The van der Waals surface area contributed by atoms with E-state index < -0.39 is 5.41 Å². The second-order valence-corrected chi connectivity index (χ2v) is 6.00. The summed E-state index contributed by atoms with van der Waals surface area (Å²) in [7, 11) is 3.37. The highest BCUT2D eigenvalue weighted by Gasteiger charge is 2.29. The van der Waals surface area contributed by atoms with Crippen LogP contribution in [-0.4, -0.2) is 26.6 Å². The molecule has 0 saturated carbocycles.